The second-order valence-corrected chi connectivity index (χ2v) is 3.56. The van der Waals surface area contributed by atoms with Gasteiger partial charge in [0.05, 0.1) is 0 Å². The van der Waals surface area contributed by atoms with Crippen LogP contribution in [-0.2, 0) is 0 Å². The van der Waals surface area contributed by atoms with Crippen LogP contribution in [0.2, 0.25) is 10.6 Å². The fourth-order valence-corrected chi connectivity index (χ4v) is 1.42. The first-order valence-electron chi connectivity index (χ1n) is 4.15. The molecule has 2 heterocycles. The largest absolute Gasteiger partial charge is 0.261 e. The minimum atomic E-state index is 0.0746. The highest BCUT2D eigenvalue weighted by Crippen LogP contribution is 2.17. The molecule has 0 saturated carbocycles. The molecular weight excluding hydrogens is 235 g/mol. The molecule has 0 fully saturated rings. The van der Waals surface area contributed by atoms with Crippen LogP contribution in [0.3, 0.4) is 0 Å². The molecule has 0 aromatic carbocycles. The number of nitrogens with zero attached hydrogens (tertiary/aromatic N) is 4. The quantitative estimate of drug-likeness (QED) is 0.769. The Morgan fingerprint density at radius 1 is 1.00 bits per heavy atom. The van der Waals surface area contributed by atoms with Crippen molar-refractivity contribution in [3.05, 3.63) is 34.6 Å². The van der Waals surface area contributed by atoms with Gasteiger partial charge < -0.3 is 0 Å². The van der Waals surface area contributed by atoms with E-state index < -0.39 is 0 Å². The topological polar surface area (TPSA) is 51.6 Å². The van der Waals surface area contributed by atoms with Gasteiger partial charge in [-0.3, -0.25) is 4.98 Å². The van der Waals surface area contributed by atoms with Crippen LogP contribution in [0.4, 0.5) is 0 Å². The molecule has 2 rings (SSSR count). The lowest BCUT2D eigenvalue weighted by Crippen LogP contribution is -1.94. The first-order valence-corrected chi connectivity index (χ1v) is 4.91. The van der Waals surface area contributed by atoms with Crippen LogP contribution >= 0.6 is 23.2 Å². The van der Waals surface area contributed by atoms with E-state index in [4.69, 9.17) is 23.2 Å². The number of aromatic nitrogens is 4. The van der Waals surface area contributed by atoms with Crippen molar-refractivity contribution in [2.75, 3.05) is 0 Å². The number of aryl methyl sites for hydroxylation is 1. The van der Waals surface area contributed by atoms with Gasteiger partial charge in [0.1, 0.15) is 0 Å². The maximum atomic E-state index is 5.66. The molecule has 2 aromatic rings. The van der Waals surface area contributed by atoms with Crippen molar-refractivity contribution < 1.29 is 0 Å². The normalized spacial score (nSPS) is 10.3. The van der Waals surface area contributed by atoms with Crippen molar-refractivity contribution in [1.82, 2.24) is 19.9 Å². The highest BCUT2D eigenvalue weighted by molar-refractivity contribution is 6.31. The van der Waals surface area contributed by atoms with E-state index in [0.29, 0.717) is 5.82 Å². The number of pyridine rings is 1. The summed E-state index contributed by atoms with van der Waals surface area (Å²) in [6.07, 6.45) is 1.66. The fraction of sp³-hybridized carbons (Fsp3) is 0.111. The van der Waals surface area contributed by atoms with Gasteiger partial charge in [0.2, 0.25) is 10.6 Å². The van der Waals surface area contributed by atoms with Gasteiger partial charge in [-0.25, -0.2) is 0 Å². The van der Waals surface area contributed by atoms with Crippen molar-refractivity contribution in [1.29, 1.82) is 0 Å². The van der Waals surface area contributed by atoms with Gasteiger partial charge in [0.15, 0.2) is 5.82 Å². The van der Waals surface area contributed by atoms with E-state index in [1.807, 2.05) is 19.1 Å². The lowest BCUT2D eigenvalue weighted by atomic mass is 10.2. The van der Waals surface area contributed by atoms with Gasteiger partial charge >= 0.3 is 0 Å². The average molecular weight is 241 g/mol. The molecule has 0 bridgehead atoms. The molecule has 0 radical (unpaired) electrons. The number of hydrogen-bond donors (Lipinski definition) is 0. The van der Waals surface area contributed by atoms with Crippen molar-refractivity contribution in [3.63, 3.8) is 0 Å². The van der Waals surface area contributed by atoms with Crippen LogP contribution in [0.25, 0.3) is 11.4 Å². The lowest BCUT2D eigenvalue weighted by Gasteiger charge is -2.00. The molecule has 6 heteroatoms. The third-order valence-electron chi connectivity index (χ3n) is 1.75. The molecule has 0 aliphatic carbocycles. The van der Waals surface area contributed by atoms with Gasteiger partial charge in [-0.05, 0) is 42.3 Å². The number of hydrogen-bond acceptors (Lipinski definition) is 4. The second kappa shape index (κ2) is 4.08. The van der Waals surface area contributed by atoms with E-state index in [2.05, 4.69) is 19.9 Å². The highest BCUT2D eigenvalue weighted by Gasteiger charge is 2.05. The van der Waals surface area contributed by atoms with Crippen molar-refractivity contribution in [2.24, 2.45) is 0 Å². The van der Waals surface area contributed by atoms with E-state index in [1.54, 1.807) is 6.20 Å². The van der Waals surface area contributed by atoms with E-state index in [9.17, 15) is 0 Å². The Morgan fingerprint density at radius 3 is 2.20 bits per heavy atom. The molecule has 0 aliphatic heterocycles. The summed E-state index contributed by atoms with van der Waals surface area (Å²) in [7, 11) is 0. The molecule has 0 N–H and O–H groups in total. The van der Waals surface area contributed by atoms with Crippen molar-refractivity contribution >= 4 is 23.2 Å². The van der Waals surface area contributed by atoms with E-state index in [0.717, 1.165) is 11.3 Å². The third kappa shape index (κ3) is 2.40. The molecule has 0 amide bonds. The van der Waals surface area contributed by atoms with Crippen molar-refractivity contribution in [2.45, 2.75) is 6.92 Å². The Morgan fingerprint density at radius 2 is 1.67 bits per heavy atom. The first kappa shape index (κ1) is 10.3. The zero-order valence-corrected chi connectivity index (χ0v) is 9.29. The molecular formula is C9H6Cl2N4. The van der Waals surface area contributed by atoms with Gasteiger partial charge in [-0.1, -0.05) is 0 Å². The predicted molar refractivity (Wildman–Crippen MR) is 57.8 cm³/mol. The standard InChI is InChI=1S/C9H6Cl2N4/c1-5-2-3-6(4-12-5)7-13-8(10)15-9(11)14-7/h2-4H,1H3. The Balaban J connectivity index is 2.49. The first-order chi connectivity index (χ1) is 7.15. The van der Waals surface area contributed by atoms with Gasteiger partial charge in [0, 0.05) is 17.5 Å². The van der Waals surface area contributed by atoms with Crippen molar-refractivity contribution in [3.8, 4) is 11.4 Å². The molecule has 76 valence electrons. The van der Waals surface area contributed by atoms with Crippen LogP contribution in [0.5, 0.6) is 0 Å². The SMILES string of the molecule is Cc1ccc(-c2nc(Cl)nc(Cl)n2)cn1. The Bertz CT molecular complexity index is 464. The fourth-order valence-electron chi connectivity index (χ4n) is 1.06. The van der Waals surface area contributed by atoms with Crippen LogP contribution in [0, 0.1) is 6.92 Å². The summed E-state index contributed by atoms with van der Waals surface area (Å²) in [4.78, 5) is 15.7. The van der Waals surface area contributed by atoms with E-state index in [1.165, 1.54) is 0 Å². The monoisotopic (exact) mass is 240 g/mol. The summed E-state index contributed by atoms with van der Waals surface area (Å²) in [5.41, 5.74) is 1.68. The minimum absolute atomic E-state index is 0.0746. The lowest BCUT2D eigenvalue weighted by molar-refractivity contribution is 1.05. The summed E-state index contributed by atoms with van der Waals surface area (Å²) < 4.78 is 0. The van der Waals surface area contributed by atoms with Gasteiger partial charge in [-0.15, -0.1) is 0 Å². The number of halogens is 2. The van der Waals surface area contributed by atoms with E-state index >= 15 is 0 Å². The van der Waals surface area contributed by atoms with E-state index in [-0.39, 0.29) is 10.6 Å². The maximum absolute atomic E-state index is 5.66. The zero-order valence-electron chi connectivity index (χ0n) is 7.78. The molecule has 15 heavy (non-hydrogen) atoms. The smallest absolute Gasteiger partial charge is 0.227 e. The zero-order chi connectivity index (χ0) is 10.8. The summed E-state index contributed by atoms with van der Waals surface area (Å²) in [5, 5.41) is 0.149. The van der Waals surface area contributed by atoms with Crippen LogP contribution in [-0.4, -0.2) is 19.9 Å². The molecule has 4 nitrogen and oxygen atoms in total. The third-order valence-corrected chi connectivity index (χ3v) is 2.09. The summed E-state index contributed by atoms with van der Waals surface area (Å²) in [6, 6.07) is 3.71. The van der Waals surface area contributed by atoms with Gasteiger partial charge in [-0.2, -0.15) is 15.0 Å². The number of rotatable bonds is 1. The van der Waals surface area contributed by atoms with Crippen LogP contribution in [0.1, 0.15) is 5.69 Å². The van der Waals surface area contributed by atoms with Gasteiger partial charge in [0.25, 0.3) is 0 Å². The minimum Gasteiger partial charge on any atom is -0.261 e. The molecule has 0 spiro atoms. The summed E-state index contributed by atoms with van der Waals surface area (Å²) >= 11 is 11.3. The average Bonchev–Trinajstić information content (AvgIpc) is 2.17. The summed E-state index contributed by atoms with van der Waals surface area (Å²) in [5.74, 6) is 0.424. The molecule has 0 unspecified atom stereocenters. The maximum Gasteiger partial charge on any atom is 0.227 e. The predicted octanol–water partition coefficient (Wildman–Crippen LogP) is 2.55. The molecule has 0 atom stereocenters. The Kier molecular flexibility index (Phi) is 2.79. The highest BCUT2D eigenvalue weighted by atomic mass is 35.5. The summed E-state index contributed by atoms with van der Waals surface area (Å²) in [6.45, 7) is 1.90. The molecule has 0 aliphatic rings. The molecule has 0 saturated heterocycles. The second-order valence-electron chi connectivity index (χ2n) is 2.89. The Labute approximate surface area is 96.3 Å². The van der Waals surface area contributed by atoms with Crippen LogP contribution < -0.4 is 0 Å². The van der Waals surface area contributed by atoms with Crippen LogP contribution in [0.15, 0.2) is 18.3 Å². The molecule has 2 aromatic heterocycles. The Hall–Kier alpha value is -1.26.